The molecule has 0 aliphatic rings. The number of halogens is 10. The molecule has 6 rings (SSSR count). The lowest BCUT2D eigenvalue weighted by Gasteiger charge is -2.25. The predicted octanol–water partition coefficient (Wildman–Crippen LogP) is 7.88. The van der Waals surface area contributed by atoms with E-state index >= 15 is 17.6 Å². The second kappa shape index (κ2) is 10.7. The van der Waals surface area contributed by atoms with Crippen LogP contribution in [0.5, 0.6) is 0 Å². The molecule has 0 amide bonds. The first kappa shape index (κ1) is 29.3. The first-order valence-corrected chi connectivity index (χ1v) is 13.0. The molecule has 44 heavy (non-hydrogen) atoms. The lowest BCUT2D eigenvalue weighted by molar-refractivity contribution is 0.382. The Morgan fingerprint density at radius 1 is 0.386 bits per heavy atom. The molecule has 0 aliphatic carbocycles. The van der Waals surface area contributed by atoms with Gasteiger partial charge in [-0.3, -0.25) is 0 Å². The van der Waals surface area contributed by atoms with Crippen molar-refractivity contribution in [3.8, 4) is 11.1 Å². The molecule has 0 spiro atoms. The Labute approximate surface area is 243 Å². The number of benzene rings is 6. The van der Waals surface area contributed by atoms with Crippen molar-refractivity contribution in [1.82, 2.24) is 0 Å². The van der Waals surface area contributed by atoms with Gasteiger partial charge in [0, 0.05) is 10.9 Å². The van der Waals surface area contributed by atoms with E-state index in [4.69, 9.17) is 0 Å². The van der Waals surface area contributed by atoms with Crippen LogP contribution in [0, 0.1) is 65.1 Å². The molecule has 0 saturated carbocycles. The molecule has 0 atom stereocenters. The van der Waals surface area contributed by atoms with Crippen LogP contribution in [-0.4, -0.2) is 6.71 Å². The molecule has 0 aromatic heterocycles. The fourth-order valence-electron chi connectivity index (χ4n) is 5.73. The molecule has 6 aromatic rings. The highest BCUT2D eigenvalue weighted by molar-refractivity contribution is 6.96. The number of hydrogen-bond donors (Lipinski definition) is 0. The van der Waals surface area contributed by atoms with Gasteiger partial charge in [-0.1, -0.05) is 78.3 Å². The van der Waals surface area contributed by atoms with Crippen LogP contribution in [0.2, 0.25) is 0 Å². The SMILES string of the molecule is Cc1ccc2ccccc2c1-c1c(B(c2c(F)c(F)c(F)c(F)c2F)c2c(F)c(F)c(F)c(F)c2F)ccc2ccccc12. The van der Waals surface area contributed by atoms with Crippen molar-refractivity contribution in [2.24, 2.45) is 0 Å². The monoisotopic (exact) mass is 612 g/mol. The van der Waals surface area contributed by atoms with Gasteiger partial charge >= 0.3 is 0 Å². The van der Waals surface area contributed by atoms with E-state index in [2.05, 4.69) is 0 Å². The molecule has 0 nitrogen and oxygen atoms in total. The predicted molar refractivity (Wildman–Crippen MR) is 149 cm³/mol. The summed E-state index contributed by atoms with van der Waals surface area (Å²) in [5, 5.41) is 1.98. The van der Waals surface area contributed by atoms with E-state index in [0.29, 0.717) is 32.7 Å². The molecule has 220 valence electrons. The molecule has 0 unspecified atom stereocenters. The van der Waals surface area contributed by atoms with Crippen molar-refractivity contribution in [2.75, 3.05) is 0 Å². The smallest absolute Gasteiger partial charge is 0.204 e. The highest BCUT2D eigenvalue weighted by Crippen LogP contribution is 2.36. The van der Waals surface area contributed by atoms with Crippen molar-refractivity contribution < 1.29 is 43.9 Å². The van der Waals surface area contributed by atoms with Gasteiger partial charge in [-0.05, 0) is 45.2 Å². The Bertz CT molecular complexity index is 2030. The quantitative estimate of drug-likeness (QED) is 0.0823. The minimum Gasteiger partial charge on any atom is -0.204 e. The Morgan fingerprint density at radius 2 is 0.750 bits per heavy atom. The lowest BCUT2D eigenvalue weighted by Crippen LogP contribution is -2.58. The second-order valence-electron chi connectivity index (χ2n) is 10.1. The van der Waals surface area contributed by atoms with Gasteiger partial charge in [0.1, 0.15) is 0 Å². The molecule has 0 aliphatic heterocycles. The van der Waals surface area contributed by atoms with Crippen molar-refractivity contribution >= 4 is 44.6 Å². The summed E-state index contributed by atoms with van der Waals surface area (Å²) in [6, 6.07) is 19.1. The minimum atomic E-state index is -2.71. The fraction of sp³-hybridized carbons (Fsp3) is 0.0303. The zero-order valence-corrected chi connectivity index (χ0v) is 22.3. The zero-order valence-electron chi connectivity index (χ0n) is 22.3. The van der Waals surface area contributed by atoms with Gasteiger partial charge in [0.05, 0.1) is 0 Å². The van der Waals surface area contributed by atoms with E-state index < -0.39 is 81.3 Å². The Hall–Kier alpha value is -4.80. The topological polar surface area (TPSA) is 0 Å². The van der Waals surface area contributed by atoms with Gasteiger partial charge in [0.2, 0.25) is 0 Å². The number of aryl methyl sites for hydroxylation is 1. The highest BCUT2D eigenvalue weighted by atomic mass is 19.2. The van der Waals surface area contributed by atoms with Gasteiger partial charge < -0.3 is 0 Å². The zero-order chi connectivity index (χ0) is 31.6. The molecule has 0 radical (unpaired) electrons. The standard InChI is InChI=1S/C33H15BF10/c1-14-10-11-15-6-2-4-8-17(15)20(14)21-18-9-5-3-7-16(18)12-13-19(21)34(22-24(35)28(39)32(43)29(40)25(22)36)23-26(37)30(41)33(44)31(42)27(23)38/h2-13H,1H3. The minimum absolute atomic E-state index is 0.0234. The van der Waals surface area contributed by atoms with Crippen LogP contribution < -0.4 is 16.4 Å². The maximum Gasteiger partial charge on any atom is 0.257 e. The third-order valence-corrected chi connectivity index (χ3v) is 7.72. The van der Waals surface area contributed by atoms with E-state index in [-0.39, 0.29) is 5.56 Å². The van der Waals surface area contributed by atoms with Crippen LogP contribution in [-0.2, 0) is 0 Å². The second-order valence-corrected chi connectivity index (χ2v) is 10.1. The molecule has 0 N–H and O–H groups in total. The van der Waals surface area contributed by atoms with E-state index in [1.807, 2.05) is 0 Å². The summed E-state index contributed by atoms with van der Waals surface area (Å²) in [6.07, 6.45) is 0. The maximum absolute atomic E-state index is 15.5. The molecule has 0 fully saturated rings. The first-order valence-electron chi connectivity index (χ1n) is 13.0. The fourth-order valence-corrected chi connectivity index (χ4v) is 5.73. The summed E-state index contributed by atoms with van der Waals surface area (Å²) in [4.78, 5) is 0. The van der Waals surface area contributed by atoms with Gasteiger partial charge in [-0.2, -0.15) is 0 Å². The average molecular weight is 612 g/mol. The van der Waals surface area contributed by atoms with Crippen LogP contribution in [0.25, 0.3) is 32.7 Å². The lowest BCUT2D eigenvalue weighted by atomic mass is 9.35. The molecular weight excluding hydrogens is 597 g/mol. The van der Waals surface area contributed by atoms with Crippen molar-refractivity contribution in [3.05, 3.63) is 137 Å². The summed E-state index contributed by atoms with van der Waals surface area (Å²) in [6.45, 7) is -1.05. The number of fused-ring (bicyclic) bond motifs is 2. The van der Waals surface area contributed by atoms with Gasteiger partial charge in [-0.15, -0.1) is 0 Å². The normalized spacial score (nSPS) is 11.5. The van der Waals surface area contributed by atoms with Gasteiger partial charge in [0.15, 0.2) is 58.2 Å². The van der Waals surface area contributed by atoms with E-state index in [1.165, 1.54) is 6.07 Å². The molecule has 6 aromatic carbocycles. The van der Waals surface area contributed by atoms with Crippen molar-refractivity contribution in [2.45, 2.75) is 6.92 Å². The third-order valence-electron chi connectivity index (χ3n) is 7.72. The van der Waals surface area contributed by atoms with Crippen LogP contribution in [0.4, 0.5) is 43.9 Å². The summed E-state index contributed by atoms with van der Waals surface area (Å²) in [5.74, 6) is -25.0. The Balaban J connectivity index is 1.89. The van der Waals surface area contributed by atoms with Gasteiger partial charge in [-0.25, -0.2) is 43.9 Å². The summed E-state index contributed by atoms with van der Waals surface area (Å²) in [5.41, 5.74) is -3.18. The summed E-state index contributed by atoms with van der Waals surface area (Å²) < 4.78 is 149. The average Bonchev–Trinajstić information content (AvgIpc) is 3.03. The van der Waals surface area contributed by atoms with Crippen LogP contribution in [0.3, 0.4) is 0 Å². The van der Waals surface area contributed by atoms with Crippen molar-refractivity contribution in [1.29, 1.82) is 0 Å². The molecule has 0 bridgehead atoms. The van der Waals surface area contributed by atoms with E-state index in [1.54, 1.807) is 67.6 Å². The van der Waals surface area contributed by atoms with Gasteiger partial charge in [0.25, 0.3) is 6.71 Å². The van der Waals surface area contributed by atoms with Crippen LogP contribution in [0.15, 0.2) is 72.8 Å². The molecular formula is C33H15BF10. The number of rotatable bonds is 4. The first-order chi connectivity index (χ1) is 21.0. The van der Waals surface area contributed by atoms with Crippen LogP contribution >= 0.6 is 0 Å². The molecule has 0 saturated heterocycles. The van der Waals surface area contributed by atoms with Crippen molar-refractivity contribution in [3.63, 3.8) is 0 Å². The van der Waals surface area contributed by atoms with E-state index in [9.17, 15) is 26.3 Å². The highest BCUT2D eigenvalue weighted by Gasteiger charge is 2.42. The number of hydrogen-bond acceptors (Lipinski definition) is 0. The summed E-state index contributed by atoms with van der Waals surface area (Å²) in [7, 11) is 0. The van der Waals surface area contributed by atoms with Crippen LogP contribution in [0.1, 0.15) is 5.56 Å². The van der Waals surface area contributed by atoms with E-state index in [0.717, 1.165) is 6.07 Å². The Morgan fingerprint density at radius 3 is 1.20 bits per heavy atom. The molecule has 11 heteroatoms. The molecule has 0 heterocycles. The summed E-state index contributed by atoms with van der Waals surface area (Å²) >= 11 is 0. The third kappa shape index (κ3) is 4.24. The largest absolute Gasteiger partial charge is 0.257 e. The Kier molecular flexibility index (Phi) is 7.14. The maximum atomic E-state index is 15.5.